The summed E-state index contributed by atoms with van der Waals surface area (Å²) in [6.07, 6.45) is 8.22. The number of aryl methyl sites for hydroxylation is 1. The fraction of sp³-hybridized carbons (Fsp3) is 0.750. The average Bonchev–Trinajstić information content (AvgIpc) is 3.23. The van der Waals surface area contributed by atoms with Crippen molar-refractivity contribution in [3.63, 3.8) is 0 Å². The molecule has 8 heteroatoms. The first-order valence-corrected chi connectivity index (χ1v) is 10.5. The van der Waals surface area contributed by atoms with E-state index >= 15 is 0 Å². The van der Waals surface area contributed by atoms with Gasteiger partial charge in [-0.05, 0) is 37.2 Å². The molecule has 2 saturated heterocycles. The van der Waals surface area contributed by atoms with Gasteiger partial charge in [0.15, 0.2) is 0 Å². The molecule has 1 amide bonds. The van der Waals surface area contributed by atoms with Crippen LogP contribution in [0, 0.1) is 11.8 Å². The van der Waals surface area contributed by atoms with Gasteiger partial charge in [0.25, 0.3) is 0 Å². The Morgan fingerprint density at radius 2 is 1.88 bits per heavy atom. The standard InChI is InChI=1S/C16H26N4O3S/c1-24(22,23)20-11-4-14(5-12-20)15-3-9-18(13-15)16(21)6-10-19-8-2-7-17-19/h2,7-8,14-15H,3-6,9-13H2,1H3. The van der Waals surface area contributed by atoms with Gasteiger partial charge < -0.3 is 4.90 Å². The molecule has 24 heavy (non-hydrogen) atoms. The van der Waals surface area contributed by atoms with Crippen LogP contribution in [0.3, 0.4) is 0 Å². The molecular weight excluding hydrogens is 328 g/mol. The zero-order valence-corrected chi connectivity index (χ0v) is 15.0. The van der Waals surface area contributed by atoms with E-state index in [1.165, 1.54) is 6.26 Å². The Labute approximate surface area is 143 Å². The van der Waals surface area contributed by atoms with Crippen LogP contribution in [0.5, 0.6) is 0 Å². The first kappa shape index (κ1) is 17.4. The topological polar surface area (TPSA) is 75.5 Å². The fourth-order valence-corrected chi connectivity index (χ4v) is 4.75. The van der Waals surface area contributed by atoms with E-state index in [1.54, 1.807) is 15.2 Å². The minimum absolute atomic E-state index is 0.196. The van der Waals surface area contributed by atoms with E-state index < -0.39 is 10.0 Å². The molecule has 0 N–H and O–H groups in total. The van der Waals surface area contributed by atoms with Crippen LogP contribution in [0.25, 0.3) is 0 Å². The van der Waals surface area contributed by atoms with Gasteiger partial charge in [-0.1, -0.05) is 0 Å². The zero-order valence-electron chi connectivity index (χ0n) is 14.2. The van der Waals surface area contributed by atoms with Gasteiger partial charge in [0, 0.05) is 51.5 Å². The number of aromatic nitrogens is 2. The van der Waals surface area contributed by atoms with Crippen LogP contribution < -0.4 is 0 Å². The molecule has 0 radical (unpaired) electrons. The number of sulfonamides is 1. The molecule has 1 aromatic heterocycles. The predicted octanol–water partition coefficient (Wildman–Crippen LogP) is 0.793. The molecule has 0 spiro atoms. The largest absolute Gasteiger partial charge is 0.342 e. The molecule has 2 fully saturated rings. The van der Waals surface area contributed by atoms with Crippen molar-refractivity contribution in [1.82, 2.24) is 19.0 Å². The van der Waals surface area contributed by atoms with Crippen LogP contribution in [-0.2, 0) is 21.4 Å². The van der Waals surface area contributed by atoms with Gasteiger partial charge in [-0.3, -0.25) is 9.48 Å². The van der Waals surface area contributed by atoms with Crippen molar-refractivity contribution < 1.29 is 13.2 Å². The van der Waals surface area contributed by atoms with E-state index in [1.807, 2.05) is 17.2 Å². The van der Waals surface area contributed by atoms with Gasteiger partial charge in [-0.2, -0.15) is 5.10 Å². The SMILES string of the molecule is CS(=O)(=O)N1CCC(C2CCN(C(=O)CCn3cccn3)C2)CC1. The van der Waals surface area contributed by atoms with E-state index in [0.29, 0.717) is 37.9 Å². The minimum atomic E-state index is -3.07. The molecule has 2 aliphatic heterocycles. The Morgan fingerprint density at radius 1 is 1.17 bits per heavy atom. The second kappa shape index (κ2) is 7.23. The summed E-state index contributed by atoms with van der Waals surface area (Å²) in [4.78, 5) is 14.3. The van der Waals surface area contributed by atoms with E-state index in [2.05, 4.69) is 5.10 Å². The van der Waals surface area contributed by atoms with Crippen LogP contribution in [0.1, 0.15) is 25.7 Å². The van der Waals surface area contributed by atoms with Gasteiger partial charge in [0.05, 0.1) is 6.26 Å². The summed E-state index contributed by atoms with van der Waals surface area (Å²) in [7, 11) is -3.07. The third kappa shape index (κ3) is 4.16. The molecule has 0 bridgehead atoms. The lowest BCUT2D eigenvalue weighted by Crippen LogP contribution is -2.40. The molecule has 0 aliphatic carbocycles. The highest BCUT2D eigenvalue weighted by atomic mass is 32.2. The van der Waals surface area contributed by atoms with Gasteiger partial charge >= 0.3 is 0 Å². The average molecular weight is 354 g/mol. The highest BCUT2D eigenvalue weighted by molar-refractivity contribution is 7.88. The summed E-state index contributed by atoms with van der Waals surface area (Å²) in [5.74, 6) is 1.24. The molecule has 3 heterocycles. The Morgan fingerprint density at radius 3 is 2.50 bits per heavy atom. The second-order valence-electron chi connectivity index (χ2n) is 6.91. The molecule has 1 unspecified atom stereocenters. The Bertz CT molecular complexity index is 651. The van der Waals surface area contributed by atoms with Crippen LogP contribution >= 0.6 is 0 Å². The summed E-state index contributed by atoms with van der Waals surface area (Å²) < 4.78 is 26.5. The number of likely N-dealkylation sites (tertiary alicyclic amines) is 1. The van der Waals surface area contributed by atoms with Gasteiger partial charge in [0.1, 0.15) is 0 Å². The lowest BCUT2D eigenvalue weighted by Gasteiger charge is -2.33. The van der Waals surface area contributed by atoms with E-state index in [4.69, 9.17) is 0 Å². The summed E-state index contributed by atoms with van der Waals surface area (Å²) in [6.45, 7) is 3.51. The number of carbonyl (C=O) groups excluding carboxylic acids is 1. The zero-order chi connectivity index (χ0) is 17.2. The van der Waals surface area contributed by atoms with Crippen molar-refractivity contribution in [3.8, 4) is 0 Å². The Balaban J connectivity index is 1.45. The van der Waals surface area contributed by atoms with Gasteiger partial charge in [0.2, 0.25) is 15.9 Å². The molecular formula is C16H26N4O3S. The molecule has 1 aromatic rings. The van der Waals surface area contributed by atoms with Gasteiger partial charge in [-0.15, -0.1) is 0 Å². The Kier molecular flexibility index (Phi) is 5.24. The van der Waals surface area contributed by atoms with Crippen molar-refractivity contribution in [1.29, 1.82) is 0 Å². The number of nitrogens with zero attached hydrogens (tertiary/aromatic N) is 4. The maximum Gasteiger partial charge on any atom is 0.224 e. The first-order chi connectivity index (χ1) is 11.4. The maximum absolute atomic E-state index is 12.3. The number of piperidine rings is 1. The molecule has 2 aliphatic rings. The molecule has 0 aromatic carbocycles. The second-order valence-corrected chi connectivity index (χ2v) is 8.89. The molecule has 3 rings (SSSR count). The highest BCUT2D eigenvalue weighted by Crippen LogP contribution is 2.32. The number of amides is 1. The lowest BCUT2D eigenvalue weighted by molar-refractivity contribution is -0.130. The molecule has 1 atom stereocenters. The van der Waals surface area contributed by atoms with E-state index in [9.17, 15) is 13.2 Å². The van der Waals surface area contributed by atoms with Gasteiger partial charge in [-0.25, -0.2) is 12.7 Å². The number of carbonyl (C=O) groups is 1. The van der Waals surface area contributed by atoms with Crippen molar-refractivity contribution in [2.45, 2.75) is 32.2 Å². The van der Waals surface area contributed by atoms with Crippen LogP contribution in [0.4, 0.5) is 0 Å². The van der Waals surface area contributed by atoms with Crippen LogP contribution in [0.15, 0.2) is 18.5 Å². The third-order valence-electron chi connectivity index (χ3n) is 5.33. The van der Waals surface area contributed by atoms with Crippen molar-refractivity contribution in [2.75, 3.05) is 32.4 Å². The maximum atomic E-state index is 12.3. The number of hydrogen-bond donors (Lipinski definition) is 0. The smallest absolute Gasteiger partial charge is 0.224 e. The molecule has 134 valence electrons. The normalized spacial score (nSPS) is 23.7. The third-order valence-corrected chi connectivity index (χ3v) is 6.63. The highest BCUT2D eigenvalue weighted by Gasteiger charge is 2.34. The summed E-state index contributed by atoms with van der Waals surface area (Å²) in [6, 6.07) is 1.86. The minimum Gasteiger partial charge on any atom is -0.342 e. The van der Waals surface area contributed by atoms with E-state index in [0.717, 1.165) is 32.4 Å². The van der Waals surface area contributed by atoms with Crippen LogP contribution in [0.2, 0.25) is 0 Å². The molecule has 0 saturated carbocycles. The first-order valence-electron chi connectivity index (χ1n) is 8.64. The fourth-order valence-electron chi connectivity index (χ4n) is 3.88. The summed E-state index contributed by atoms with van der Waals surface area (Å²) in [5, 5.41) is 4.12. The van der Waals surface area contributed by atoms with Crippen molar-refractivity contribution >= 4 is 15.9 Å². The summed E-state index contributed by atoms with van der Waals surface area (Å²) in [5.41, 5.74) is 0. The molecule has 7 nitrogen and oxygen atoms in total. The predicted molar refractivity (Wildman–Crippen MR) is 90.7 cm³/mol. The van der Waals surface area contributed by atoms with Crippen molar-refractivity contribution in [3.05, 3.63) is 18.5 Å². The quantitative estimate of drug-likeness (QED) is 0.784. The Hall–Kier alpha value is -1.41. The van der Waals surface area contributed by atoms with Crippen molar-refractivity contribution in [2.24, 2.45) is 11.8 Å². The van der Waals surface area contributed by atoms with Crippen LogP contribution in [-0.4, -0.2) is 65.7 Å². The van der Waals surface area contributed by atoms with E-state index in [-0.39, 0.29) is 5.91 Å². The lowest BCUT2D eigenvalue weighted by atomic mass is 9.84. The number of hydrogen-bond acceptors (Lipinski definition) is 4. The monoisotopic (exact) mass is 354 g/mol. The number of rotatable bonds is 5. The summed E-state index contributed by atoms with van der Waals surface area (Å²) >= 11 is 0.